The van der Waals surface area contributed by atoms with Crippen LogP contribution in [0.4, 0.5) is 0 Å². The van der Waals surface area contributed by atoms with E-state index in [1.807, 2.05) is 0 Å². The molecule has 1 aromatic heterocycles. The fourth-order valence-electron chi connectivity index (χ4n) is 5.56. The molecule has 8 heteroatoms. The summed E-state index contributed by atoms with van der Waals surface area (Å²) in [7, 11) is 1.54. The number of carbonyl (C=O) groups excluding carboxylic acids is 1. The number of aliphatic imine (C=N–C) groups is 2. The molecule has 0 spiro atoms. The first-order chi connectivity index (χ1) is 19.4. The van der Waals surface area contributed by atoms with E-state index in [1.165, 1.54) is 68.8 Å². The molecule has 7 nitrogen and oxygen atoms in total. The van der Waals surface area contributed by atoms with Crippen molar-refractivity contribution in [3.8, 4) is 5.75 Å². The van der Waals surface area contributed by atoms with Crippen molar-refractivity contribution < 1.29 is 19.4 Å². The third kappa shape index (κ3) is 7.61. The van der Waals surface area contributed by atoms with Gasteiger partial charge in [-0.05, 0) is 80.6 Å². The number of aromatic nitrogens is 1. The molecule has 0 amide bonds. The minimum atomic E-state index is -0.955. The average molecular weight is 564 g/mol. The number of carboxylic acid groups (broad SMARTS) is 1. The standard InChI is InChI=1S/C19H16ClNO4.C13H22N2/c1-11-15(10-18(22)23)16-9-14(25-2)7-8-17(16)21(11)19(24)12-3-5-13(20)6-4-12;1-3-7-12(8-4-1)14-11-15-13-9-5-2-6-10-13/h3-9H,10H2,1-2H3,(H,22,23);12-13H,1-10H2. The van der Waals surface area contributed by atoms with Gasteiger partial charge in [0, 0.05) is 21.7 Å². The summed E-state index contributed by atoms with van der Waals surface area (Å²) in [5, 5.41) is 10.5. The van der Waals surface area contributed by atoms with Crippen LogP contribution in [0.5, 0.6) is 5.75 Å². The number of carbonyl (C=O) groups is 2. The topological polar surface area (TPSA) is 93.2 Å². The van der Waals surface area contributed by atoms with Crippen LogP contribution in [0.3, 0.4) is 0 Å². The molecule has 2 aromatic carbocycles. The average Bonchev–Trinajstić information content (AvgIpc) is 3.24. The molecule has 1 N–H and O–H groups in total. The van der Waals surface area contributed by atoms with Crippen molar-refractivity contribution in [2.75, 3.05) is 7.11 Å². The predicted octanol–water partition coefficient (Wildman–Crippen LogP) is 7.75. The number of ether oxygens (including phenoxy) is 1. The molecule has 0 unspecified atom stereocenters. The van der Waals surface area contributed by atoms with Crippen LogP contribution in [-0.2, 0) is 11.2 Å². The Morgan fingerprint density at radius 1 is 0.950 bits per heavy atom. The van der Waals surface area contributed by atoms with Crippen molar-refractivity contribution in [2.45, 2.75) is 89.6 Å². The number of nitrogens with zero attached hydrogens (tertiary/aromatic N) is 3. The first-order valence-corrected chi connectivity index (χ1v) is 14.6. The summed E-state index contributed by atoms with van der Waals surface area (Å²) >= 11 is 5.89. The van der Waals surface area contributed by atoms with E-state index in [4.69, 9.17) is 16.3 Å². The van der Waals surface area contributed by atoms with Gasteiger partial charge in [0.25, 0.3) is 5.91 Å². The Balaban J connectivity index is 0.000000210. The Kier molecular flexibility index (Phi) is 10.6. The first kappa shape index (κ1) is 29.6. The maximum atomic E-state index is 13.0. The number of hydrogen-bond donors (Lipinski definition) is 1. The lowest BCUT2D eigenvalue weighted by Gasteiger charge is -2.17. The van der Waals surface area contributed by atoms with E-state index in [9.17, 15) is 14.7 Å². The van der Waals surface area contributed by atoms with E-state index in [0.717, 1.165) is 0 Å². The zero-order valence-corrected chi connectivity index (χ0v) is 24.1. The summed E-state index contributed by atoms with van der Waals surface area (Å²) in [5.74, 6) is -0.583. The number of halogens is 1. The second-order valence-electron chi connectivity index (χ2n) is 10.6. The van der Waals surface area contributed by atoms with E-state index in [1.54, 1.807) is 56.5 Å². The van der Waals surface area contributed by atoms with Gasteiger partial charge in [0.1, 0.15) is 5.75 Å². The molecule has 2 aliphatic rings. The lowest BCUT2D eigenvalue weighted by molar-refractivity contribution is -0.136. The lowest BCUT2D eigenvalue weighted by Crippen LogP contribution is -2.14. The Labute approximate surface area is 240 Å². The van der Waals surface area contributed by atoms with Gasteiger partial charge in [0.15, 0.2) is 0 Å². The number of methoxy groups -OCH3 is 1. The molecule has 40 heavy (non-hydrogen) atoms. The van der Waals surface area contributed by atoms with Crippen LogP contribution < -0.4 is 4.74 Å². The van der Waals surface area contributed by atoms with Crippen molar-refractivity contribution in [3.05, 3.63) is 64.3 Å². The Morgan fingerprint density at radius 3 is 2.05 bits per heavy atom. The van der Waals surface area contributed by atoms with Gasteiger partial charge in [-0.2, -0.15) is 0 Å². The summed E-state index contributed by atoms with van der Waals surface area (Å²) in [6.07, 6.45) is 13.0. The summed E-state index contributed by atoms with van der Waals surface area (Å²) < 4.78 is 6.77. The second-order valence-corrected chi connectivity index (χ2v) is 11.0. The normalized spacial score (nSPS) is 16.0. The van der Waals surface area contributed by atoms with Crippen molar-refractivity contribution in [1.29, 1.82) is 0 Å². The highest BCUT2D eigenvalue weighted by Gasteiger charge is 2.22. The van der Waals surface area contributed by atoms with Gasteiger partial charge in [-0.3, -0.25) is 14.2 Å². The molecule has 2 aliphatic carbocycles. The fraction of sp³-hybridized carbons (Fsp3) is 0.469. The Bertz CT molecular complexity index is 1360. The molecule has 1 heterocycles. The molecule has 0 saturated heterocycles. The number of hydrogen-bond acceptors (Lipinski definition) is 5. The molecule has 0 aliphatic heterocycles. The Morgan fingerprint density at radius 2 is 1.52 bits per heavy atom. The zero-order chi connectivity index (χ0) is 28.5. The van der Waals surface area contributed by atoms with Crippen LogP contribution in [0, 0.1) is 6.92 Å². The van der Waals surface area contributed by atoms with Gasteiger partial charge in [0.2, 0.25) is 0 Å². The highest BCUT2D eigenvalue weighted by molar-refractivity contribution is 6.30. The summed E-state index contributed by atoms with van der Waals surface area (Å²) in [5.41, 5.74) is 2.32. The number of benzene rings is 2. The van der Waals surface area contributed by atoms with Crippen LogP contribution in [0.2, 0.25) is 5.02 Å². The van der Waals surface area contributed by atoms with Gasteiger partial charge in [-0.1, -0.05) is 50.1 Å². The third-order valence-corrected chi connectivity index (χ3v) is 8.05. The monoisotopic (exact) mass is 563 g/mol. The SMILES string of the molecule is C(=NC1CCCCC1)=NC1CCCCC1.COc1ccc2c(c1)c(CC(=O)O)c(C)n2C(=O)c1ccc(Cl)cc1. The molecule has 212 valence electrons. The maximum absolute atomic E-state index is 13.0. The van der Waals surface area contributed by atoms with Gasteiger partial charge in [0.05, 0.1) is 37.1 Å². The quantitative estimate of drug-likeness (QED) is 0.310. The van der Waals surface area contributed by atoms with Crippen LogP contribution >= 0.6 is 11.6 Å². The highest BCUT2D eigenvalue weighted by Crippen LogP contribution is 2.31. The molecule has 0 atom stereocenters. The molecular formula is C32H38ClN3O4. The molecule has 3 aromatic rings. The molecular weight excluding hydrogens is 526 g/mol. The van der Waals surface area contributed by atoms with E-state index in [0.29, 0.717) is 50.6 Å². The van der Waals surface area contributed by atoms with Gasteiger partial charge in [-0.25, -0.2) is 9.98 Å². The smallest absolute Gasteiger partial charge is 0.307 e. The largest absolute Gasteiger partial charge is 0.497 e. The fourth-order valence-corrected chi connectivity index (χ4v) is 5.69. The zero-order valence-electron chi connectivity index (χ0n) is 23.4. The van der Waals surface area contributed by atoms with Crippen molar-refractivity contribution >= 4 is 40.4 Å². The van der Waals surface area contributed by atoms with Gasteiger partial charge >= 0.3 is 5.97 Å². The van der Waals surface area contributed by atoms with Crippen molar-refractivity contribution in [3.63, 3.8) is 0 Å². The molecule has 0 radical (unpaired) electrons. The number of fused-ring (bicyclic) bond motifs is 1. The van der Waals surface area contributed by atoms with Crippen LogP contribution in [0.1, 0.15) is 85.8 Å². The molecule has 0 bridgehead atoms. The van der Waals surface area contributed by atoms with Gasteiger partial charge in [-0.15, -0.1) is 0 Å². The molecule has 2 fully saturated rings. The first-order valence-electron chi connectivity index (χ1n) is 14.2. The van der Waals surface area contributed by atoms with E-state index >= 15 is 0 Å². The number of rotatable bonds is 6. The van der Waals surface area contributed by atoms with Gasteiger partial charge < -0.3 is 9.84 Å². The number of aliphatic carboxylic acids is 1. The summed E-state index contributed by atoms with van der Waals surface area (Å²) in [6.45, 7) is 1.75. The predicted molar refractivity (Wildman–Crippen MR) is 159 cm³/mol. The number of carboxylic acids is 1. The minimum Gasteiger partial charge on any atom is -0.497 e. The van der Waals surface area contributed by atoms with Crippen molar-refractivity contribution in [1.82, 2.24) is 4.57 Å². The summed E-state index contributed by atoms with van der Waals surface area (Å²) in [6, 6.07) is 15.9. The molecule has 5 rings (SSSR count). The second kappa shape index (κ2) is 14.3. The third-order valence-electron chi connectivity index (χ3n) is 7.79. The highest BCUT2D eigenvalue weighted by atomic mass is 35.5. The summed E-state index contributed by atoms with van der Waals surface area (Å²) in [4.78, 5) is 33.2. The van der Waals surface area contributed by atoms with Crippen LogP contribution in [0.15, 0.2) is 52.4 Å². The van der Waals surface area contributed by atoms with Crippen molar-refractivity contribution in [2.24, 2.45) is 9.98 Å². The van der Waals surface area contributed by atoms with E-state index in [2.05, 4.69) is 16.0 Å². The molecule has 2 saturated carbocycles. The minimum absolute atomic E-state index is 0.170. The van der Waals surface area contributed by atoms with Crippen LogP contribution in [-0.4, -0.2) is 46.8 Å². The lowest BCUT2D eigenvalue weighted by atomic mass is 9.96. The van der Waals surface area contributed by atoms with Crippen LogP contribution in [0.25, 0.3) is 10.9 Å². The Hall–Kier alpha value is -3.41. The van der Waals surface area contributed by atoms with E-state index in [-0.39, 0.29) is 12.3 Å². The maximum Gasteiger partial charge on any atom is 0.307 e. The van der Waals surface area contributed by atoms with E-state index < -0.39 is 5.97 Å².